The van der Waals surface area contributed by atoms with Crippen LogP contribution in [-0.4, -0.2) is 26.5 Å². The summed E-state index contributed by atoms with van der Waals surface area (Å²) >= 11 is 0. The molecule has 2 aromatic rings. The molecule has 0 saturated carbocycles. The molecule has 8 nitrogen and oxygen atoms in total. The largest absolute Gasteiger partial charge is 0.359 e. The Morgan fingerprint density at radius 3 is 2.91 bits per heavy atom. The minimum absolute atomic E-state index is 0.0884. The Morgan fingerprint density at radius 1 is 1.45 bits per heavy atom. The smallest absolute Gasteiger partial charge is 0.224 e. The lowest BCUT2D eigenvalue weighted by molar-refractivity contribution is -0.115. The van der Waals surface area contributed by atoms with Gasteiger partial charge in [0.1, 0.15) is 11.6 Å². The highest BCUT2D eigenvalue weighted by Crippen LogP contribution is 2.24. The molecule has 0 aliphatic rings. The number of H-pyrrole nitrogens is 1. The van der Waals surface area contributed by atoms with E-state index in [1.165, 1.54) is 6.20 Å². The van der Waals surface area contributed by atoms with Crippen LogP contribution in [0.4, 0.5) is 11.4 Å². The van der Waals surface area contributed by atoms with Gasteiger partial charge in [-0.2, -0.15) is 10.5 Å². The van der Waals surface area contributed by atoms with Gasteiger partial charge in [-0.3, -0.25) is 4.79 Å². The molecule has 22 heavy (non-hydrogen) atoms. The van der Waals surface area contributed by atoms with E-state index in [0.717, 1.165) is 5.56 Å². The molecule has 1 amide bonds. The second-order valence-corrected chi connectivity index (χ2v) is 4.50. The van der Waals surface area contributed by atoms with Gasteiger partial charge in [-0.15, -0.1) is 10.2 Å². The van der Waals surface area contributed by atoms with E-state index < -0.39 is 0 Å². The SMILES string of the molecule is CCC(=O)Nc1ccc(C)cc1NC=C(C#N)c1nn[nH]n1. The molecule has 1 heterocycles. The Balaban J connectivity index is 2.26. The van der Waals surface area contributed by atoms with Crippen molar-refractivity contribution < 1.29 is 4.79 Å². The van der Waals surface area contributed by atoms with Crippen molar-refractivity contribution in [1.82, 2.24) is 20.6 Å². The van der Waals surface area contributed by atoms with Gasteiger partial charge in [0.05, 0.1) is 11.4 Å². The van der Waals surface area contributed by atoms with E-state index in [9.17, 15) is 4.79 Å². The first-order valence-corrected chi connectivity index (χ1v) is 6.65. The number of amides is 1. The first-order chi connectivity index (χ1) is 10.6. The van der Waals surface area contributed by atoms with E-state index in [-0.39, 0.29) is 17.3 Å². The molecule has 0 spiro atoms. The fourth-order valence-electron chi connectivity index (χ4n) is 1.70. The van der Waals surface area contributed by atoms with Gasteiger partial charge in [0.25, 0.3) is 0 Å². The van der Waals surface area contributed by atoms with E-state index in [2.05, 4.69) is 31.3 Å². The maximum atomic E-state index is 11.6. The van der Waals surface area contributed by atoms with Crippen molar-refractivity contribution in [2.75, 3.05) is 10.6 Å². The first-order valence-electron chi connectivity index (χ1n) is 6.65. The Kier molecular flexibility index (Phi) is 4.82. The number of allylic oxidation sites excluding steroid dienone is 1. The van der Waals surface area contributed by atoms with Gasteiger partial charge in [0.2, 0.25) is 11.7 Å². The zero-order valence-corrected chi connectivity index (χ0v) is 12.2. The van der Waals surface area contributed by atoms with Crippen LogP contribution in [0, 0.1) is 18.3 Å². The number of aromatic amines is 1. The van der Waals surface area contributed by atoms with Gasteiger partial charge in [0.15, 0.2) is 0 Å². The molecular formula is C14H15N7O. The van der Waals surface area contributed by atoms with Gasteiger partial charge in [-0.25, -0.2) is 0 Å². The van der Waals surface area contributed by atoms with Gasteiger partial charge >= 0.3 is 0 Å². The van der Waals surface area contributed by atoms with Crippen LogP contribution in [0.15, 0.2) is 24.4 Å². The lowest BCUT2D eigenvalue weighted by Crippen LogP contribution is -2.11. The molecule has 0 aliphatic heterocycles. The lowest BCUT2D eigenvalue weighted by atomic mass is 10.2. The van der Waals surface area contributed by atoms with Crippen molar-refractivity contribution in [3.8, 4) is 6.07 Å². The van der Waals surface area contributed by atoms with Crippen LogP contribution in [0.25, 0.3) is 5.57 Å². The average molecular weight is 297 g/mol. The third-order valence-corrected chi connectivity index (χ3v) is 2.85. The average Bonchev–Trinajstić information content (AvgIpc) is 3.04. The number of tetrazole rings is 1. The number of aromatic nitrogens is 4. The van der Waals surface area contributed by atoms with Crippen LogP contribution in [0.1, 0.15) is 24.7 Å². The van der Waals surface area contributed by atoms with Crippen molar-refractivity contribution in [3.05, 3.63) is 35.8 Å². The summed E-state index contributed by atoms with van der Waals surface area (Å²) in [5.74, 6) is 0.108. The highest BCUT2D eigenvalue weighted by Gasteiger charge is 2.08. The molecule has 8 heteroatoms. The molecule has 0 aliphatic carbocycles. The second-order valence-electron chi connectivity index (χ2n) is 4.50. The summed E-state index contributed by atoms with van der Waals surface area (Å²) in [4.78, 5) is 11.6. The monoisotopic (exact) mass is 297 g/mol. The highest BCUT2D eigenvalue weighted by molar-refractivity contribution is 5.94. The number of carbonyl (C=O) groups is 1. The van der Waals surface area contributed by atoms with E-state index in [4.69, 9.17) is 5.26 Å². The molecule has 1 aromatic carbocycles. The Morgan fingerprint density at radius 2 is 2.27 bits per heavy atom. The summed E-state index contributed by atoms with van der Waals surface area (Å²) in [6.07, 6.45) is 1.86. The topological polar surface area (TPSA) is 119 Å². The number of benzene rings is 1. The number of aryl methyl sites for hydroxylation is 1. The van der Waals surface area contributed by atoms with Crippen molar-refractivity contribution in [3.63, 3.8) is 0 Å². The molecule has 0 unspecified atom stereocenters. The molecular weight excluding hydrogens is 282 g/mol. The maximum absolute atomic E-state index is 11.6. The minimum Gasteiger partial charge on any atom is -0.359 e. The second kappa shape index (κ2) is 6.99. The Bertz CT molecular complexity index is 728. The normalized spacial score (nSPS) is 10.9. The van der Waals surface area contributed by atoms with Crippen LogP contribution in [0.2, 0.25) is 0 Å². The zero-order chi connectivity index (χ0) is 15.9. The predicted molar refractivity (Wildman–Crippen MR) is 81.5 cm³/mol. The summed E-state index contributed by atoms with van der Waals surface area (Å²) in [7, 11) is 0. The van der Waals surface area contributed by atoms with Gasteiger partial charge in [-0.05, 0) is 29.8 Å². The lowest BCUT2D eigenvalue weighted by Gasteiger charge is -2.11. The highest BCUT2D eigenvalue weighted by atomic mass is 16.1. The fraction of sp³-hybridized carbons (Fsp3) is 0.214. The predicted octanol–water partition coefficient (Wildman–Crippen LogP) is 1.83. The number of nitrogens with one attached hydrogen (secondary N) is 3. The summed E-state index contributed by atoms with van der Waals surface area (Å²) in [6.45, 7) is 3.71. The molecule has 2 rings (SSSR count). The first kappa shape index (κ1) is 15.2. The Labute approximate surface area is 127 Å². The number of nitrogens with zero attached hydrogens (tertiary/aromatic N) is 4. The third kappa shape index (κ3) is 3.67. The van der Waals surface area contributed by atoms with Crippen molar-refractivity contribution in [1.29, 1.82) is 5.26 Å². The number of hydrogen-bond acceptors (Lipinski definition) is 6. The van der Waals surface area contributed by atoms with Crippen molar-refractivity contribution in [2.24, 2.45) is 0 Å². The molecule has 0 fully saturated rings. The van der Waals surface area contributed by atoms with Crippen molar-refractivity contribution in [2.45, 2.75) is 20.3 Å². The van der Waals surface area contributed by atoms with E-state index in [1.807, 2.05) is 25.1 Å². The molecule has 0 bridgehead atoms. The van der Waals surface area contributed by atoms with Crippen LogP contribution < -0.4 is 10.6 Å². The minimum atomic E-state index is -0.0884. The van der Waals surface area contributed by atoms with Gasteiger partial charge in [0, 0.05) is 12.6 Å². The summed E-state index contributed by atoms with van der Waals surface area (Å²) < 4.78 is 0. The quantitative estimate of drug-likeness (QED) is 0.724. The van der Waals surface area contributed by atoms with Crippen molar-refractivity contribution >= 4 is 22.9 Å². The number of hydrogen-bond donors (Lipinski definition) is 3. The van der Waals surface area contributed by atoms with Crippen LogP contribution >= 0.6 is 0 Å². The number of anilines is 2. The summed E-state index contributed by atoms with van der Waals surface area (Å²) in [6, 6.07) is 7.55. The Hall–Kier alpha value is -3.21. The fourth-order valence-corrected chi connectivity index (χ4v) is 1.70. The summed E-state index contributed by atoms with van der Waals surface area (Å²) in [5.41, 5.74) is 2.56. The third-order valence-electron chi connectivity index (χ3n) is 2.85. The molecule has 0 saturated heterocycles. The van der Waals surface area contributed by atoms with Crippen LogP contribution in [0.3, 0.4) is 0 Å². The van der Waals surface area contributed by atoms with E-state index >= 15 is 0 Å². The molecule has 112 valence electrons. The maximum Gasteiger partial charge on any atom is 0.224 e. The van der Waals surface area contributed by atoms with Crippen LogP contribution in [-0.2, 0) is 4.79 Å². The molecule has 1 aromatic heterocycles. The van der Waals surface area contributed by atoms with Crippen LogP contribution in [0.5, 0.6) is 0 Å². The molecule has 0 atom stereocenters. The number of rotatable bonds is 5. The van der Waals surface area contributed by atoms with E-state index in [0.29, 0.717) is 17.8 Å². The van der Waals surface area contributed by atoms with Gasteiger partial charge < -0.3 is 10.6 Å². The number of carbonyl (C=O) groups excluding carboxylic acids is 1. The molecule has 3 N–H and O–H groups in total. The zero-order valence-electron chi connectivity index (χ0n) is 12.2. The molecule has 0 radical (unpaired) electrons. The summed E-state index contributed by atoms with van der Waals surface area (Å²) in [5, 5.41) is 28.1. The van der Waals surface area contributed by atoms with E-state index in [1.54, 1.807) is 13.0 Å². The standard InChI is InChI=1S/C14H15N7O/c1-3-13(22)17-11-5-4-9(2)6-12(11)16-8-10(7-15)14-18-20-21-19-14/h4-6,8,16H,3H2,1-2H3,(H,17,22)(H,18,19,20,21). The number of nitriles is 1. The van der Waals surface area contributed by atoms with Gasteiger partial charge in [-0.1, -0.05) is 13.0 Å².